The van der Waals surface area contributed by atoms with Crippen LogP contribution >= 0.6 is 11.6 Å². The fourth-order valence-corrected chi connectivity index (χ4v) is 2.49. The third-order valence-corrected chi connectivity index (χ3v) is 3.71. The van der Waals surface area contributed by atoms with Crippen molar-refractivity contribution in [1.29, 1.82) is 0 Å². The van der Waals surface area contributed by atoms with Gasteiger partial charge < -0.3 is 19.3 Å². The largest absolute Gasteiger partial charge is 0.493 e. The van der Waals surface area contributed by atoms with E-state index in [9.17, 15) is 4.79 Å². The number of benzene rings is 1. The summed E-state index contributed by atoms with van der Waals surface area (Å²) >= 11 is 5.58. The maximum absolute atomic E-state index is 11.5. The summed E-state index contributed by atoms with van der Waals surface area (Å²) in [5.41, 5.74) is 1.07. The Morgan fingerprint density at radius 1 is 1.15 bits per heavy atom. The fraction of sp³-hybridized carbons (Fsp3) is 0.500. The summed E-state index contributed by atoms with van der Waals surface area (Å²) in [5, 5.41) is 0. The number of rotatable bonds is 4. The second-order valence-corrected chi connectivity index (χ2v) is 4.81. The summed E-state index contributed by atoms with van der Waals surface area (Å²) in [5.74, 6) is 1.48. The maximum Gasteiger partial charge on any atom is 0.237 e. The van der Waals surface area contributed by atoms with Crippen molar-refractivity contribution in [2.24, 2.45) is 0 Å². The van der Waals surface area contributed by atoms with E-state index in [1.807, 2.05) is 18.2 Å². The van der Waals surface area contributed by atoms with E-state index in [-0.39, 0.29) is 11.8 Å². The van der Waals surface area contributed by atoms with Gasteiger partial charge in [0.05, 0.1) is 14.2 Å². The van der Waals surface area contributed by atoms with Crippen LogP contribution in [-0.2, 0) is 4.79 Å². The molecule has 1 fully saturated rings. The molecule has 1 heterocycles. The molecule has 0 unspecified atom stereocenters. The highest BCUT2D eigenvalue weighted by molar-refractivity contribution is 6.27. The van der Waals surface area contributed by atoms with Crippen LogP contribution in [0.1, 0.15) is 0 Å². The third kappa shape index (κ3) is 3.10. The molecule has 0 bridgehead atoms. The summed E-state index contributed by atoms with van der Waals surface area (Å²) in [6, 6.07) is 5.85. The van der Waals surface area contributed by atoms with Crippen molar-refractivity contribution in [3.05, 3.63) is 18.2 Å². The first-order valence-corrected chi connectivity index (χ1v) is 7.03. The number of carbonyl (C=O) groups excluding carboxylic acids is 1. The number of methoxy groups -OCH3 is 2. The molecule has 1 aromatic carbocycles. The van der Waals surface area contributed by atoms with Crippen LogP contribution in [0.15, 0.2) is 18.2 Å². The van der Waals surface area contributed by atoms with Crippen LogP contribution in [0.4, 0.5) is 5.69 Å². The molecule has 0 spiro atoms. The number of ether oxygens (including phenoxy) is 2. The standard InChI is InChI=1S/C14H19ClN2O3/c1-19-12-4-3-11(9-13(12)20-2)16-5-7-17(8-6-16)14(18)10-15/h3-4,9H,5-8,10H2,1-2H3. The van der Waals surface area contributed by atoms with Crippen molar-refractivity contribution in [3.8, 4) is 11.5 Å². The lowest BCUT2D eigenvalue weighted by Gasteiger charge is -2.36. The number of hydrogen-bond acceptors (Lipinski definition) is 4. The molecule has 0 saturated carbocycles. The molecule has 0 N–H and O–H groups in total. The molecule has 5 nitrogen and oxygen atoms in total. The zero-order valence-electron chi connectivity index (χ0n) is 11.8. The van der Waals surface area contributed by atoms with Crippen LogP contribution in [0.5, 0.6) is 11.5 Å². The molecule has 1 saturated heterocycles. The number of piperazine rings is 1. The predicted molar refractivity (Wildman–Crippen MR) is 79.1 cm³/mol. The second kappa shape index (κ2) is 6.70. The van der Waals surface area contributed by atoms with Crippen molar-refractivity contribution < 1.29 is 14.3 Å². The number of amides is 1. The highest BCUT2D eigenvalue weighted by atomic mass is 35.5. The Labute approximate surface area is 124 Å². The molecule has 110 valence electrons. The van der Waals surface area contributed by atoms with E-state index >= 15 is 0 Å². The zero-order chi connectivity index (χ0) is 14.5. The van der Waals surface area contributed by atoms with Crippen LogP contribution in [0, 0.1) is 0 Å². The number of nitrogens with zero attached hydrogens (tertiary/aromatic N) is 2. The highest BCUT2D eigenvalue weighted by Crippen LogP contribution is 2.31. The van der Waals surface area contributed by atoms with E-state index in [1.165, 1.54) is 0 Å². The summed E-state index contributed by atoms with van der Waals surface area (Å²) in [6.07, 6.45) is 0. The van der Waals surface area contributed by atoms with Gasteiger partial charge in [0.2, 0.25) is 5.91 Å². The van der Waals surface area contributed by atoms with E-state index in [2.05, 4.69) is 4.90 Å². The molecule has 6 heteroatoms. The smallest absolute Gasteiger partial charge is 0.237 e. The first kappa shape index (κ1) is 14.8. The van der Waals surface area contributed by atoms with Gasteiger partial charge in [0.15, 0.2) is 11.5 Å². The van der Waals surface area contributed by atoms with E-state index < -0.39 is 0 Å². The third-order valence-electron chi connectivity index (χ3n) is 3.48. The Kier molecular flexibility index (Phi) is 4.95. The number of anilines is 1. The average molecular weight is 299 g/mol. The van der Waals surface area contributed by atoms with Gasteiger partial charge in [-0.2, -0.15) is 0 Å². The van der Waals surface area contributed by atoms with Crippen LogP contribution < -0.4 is 14.4 Å². The van der Waals surface area contributed by atoms with Gasteiger partial charge in [-0.1, -0.05) is 0 Å². The van der Waals surface area contributed by atoms with E-state index in [4.69, 9.17) is 21.1 Å². The number of halogens is 1. The minimum absolute atomic E-state index is 0.00127. The SMILES string of the molecule is COc1ccc(N2CCN(C(=O)CCl)CC2)cc1OC. The number of hydrogen-bond donors (Lipinski definition) is 0. The van der Waals surface area contributed by atoms with Gasteiger partial charge in [0.1, 0.15) is 5.88 Å². The van der Waals surface area contributed by atoms with Gasteiger partial charge in [0, 0.05) is 37.9 Å². The number of carbonyl (C=O) groups is 1. The molecule has 2 rings (SSSR count). The summed E-state index contributed by atoms with van der Waals surface area (Å²) in [7, 11) is 3.24. The molecular formula is C14H19ClN2O3. The van der Waals surface area contributed by atoms with Gasteiger partial charge in [-0.15, -0.1) is 11.6 Å². The van der Waals surface area contributed by atoms with Gasteiger partial charge >= 0.3 is 0 Å². The second-order valence-electron chi connectivity index (χ2n) is 4.54. The molecule has 0 aliphatic carbocycles. The topological polar surface area (TPSA) is 42.0 Å². The van der Waals surface area contributed by atoms with Crippen LogP contribution in [0.3, 0.4) is 0 Å². The minimum atomic E-state index is -0.00127. The normalized spacial score (nSPS) is 15.2. The van der Waals surface area contributed by atoms with Crippen molar-refractivity contribution in [2.75, 3.05) is 51.2 Å². The summed E-state index contributed by atoms with van der Waals surface area (Å²) in [4.78, 5) is 15.6. The maximum atomic E-state index is 11.5. The average Bonchev–Trinajstić information content (AvgIpc) is 2.53. The van der Waals surface area contributed by atoms with Crippen LogP contribution in [-0.4, -0.2) is 57.1 Å². The first-order valence-electron chi connectivity index (χ1n) is 6.50. The van der Waals surface area contributed by atoms with Gasteiger partial charge in [-0.3, -0.25) is 4.79 Å². The molecule has 1 amide bonds. The Morgan fingerprint density at radius 2 is 1.80 bits per heavy atom. The van der Waals surface area contributed by atoms with Gasteiger partial charge in [-0.25, -0.2) is 0 Å². The molecular weight excluding hydrogens is 280 g/mol. The molecule has 1 aliphatic heterocycles. The van der Waals surface area contributed by atoms with Crippen molar-refractivity contribution in [2.45, 2.75) is 0 Å². The van der Waals surface area contributed by atoms with Crippen LogP contribution in [0.2, 0.25) is 0 Å². The van der Waals surface area contributed by atoms with E-state index in [1.54, 1.807) is 19.1 Å². The van der Waals surface area contributed by atoms with Crippen molar-refractivity contribution in [1.82, 2.24) is 4.90 Å². The van der Waals surface area contributed by atoms with Gasteiger partial charge in [0.25, 0.3) is 0 Å². The Hall–Kier alpha value is -1.62. The predicted octanol–water partition coefficient (Wildman–Crippen LogP) is 1.59. The molecule has 1 aromatic rings. The van der Waals surface area contributed by atoms with Gasteiger partial charge in [-0.05, 0) is 12.1 Å². The quantitative estimate of drug-likeness (QED) is 0.792. The lowest BCUT2D eigenvalue weighted by Crippen LogP contribution is -2.49. The molecule has 1 aliphatic rings. The Balaban J connectivity index is 2.05. The first-order chi connectivity index (χ1) is 9.69. The van der Waals surface area contributed by atoms with Crippen LogP contribution in [0.25, 0.3) is 0 Å². The van der Waals surface area contributed by atoms with E-state index in [0.717, 1.165) is 18.8 Å². The monoisotopic (exact) mass is 298 g/mol. The van der Waals surface area contributed by atoms with E-state index in [0.29, 0.717) is 24.6 Å². The highest BCUT2D eigenvalue weighted by Gasteiger charge is 2.21. The fourth-order valence-electron chi connectivity index (χ4n) is 2.32. The summed E-state index contributed by atoms with van der Waals surface area (Å²) < 4.78 is 10.5. The Bertz CT molecular complexity index is 473. The zero-order valence-corrected chi connectivity index (χ0v) is 12.5. The lowest BCUT2D eigenvalue weighted by atomic mass is 10.2. The summed E-state index contributed by atoms with van der Waals surface area (Å²) in [6.45, 7) is 2.97. The molecule has 0 radical (unpaired) electrons. The Morgan fingerprint density at radius 3 is 2.35 bits per heavy atom. The van der Waals surface area contributed by atoms with Crippen molar-refractivity contribution >= 4 is 23.2 Å². The minimum Gasteiger partial charge on any atom is -0.493 e. The number of alkyl halides is 1. The molecule has 0 aromatic heterocycles. The lowest BCUT2D eigenvalue weighted by molar-refractivity contribution is -0.128. The van der Waals surface area contributed by atoms with Crippen molar-refractivity contribution in [3.63, 3.8) is 0 Å². The molecule has 20 heavy (non-hydrogen) atoms. The molecule has 0 atom stereocenters.